The van der Waals surface area contributed by atoms with Crippen LogP contribution in [-0.2, 0) is 4.74 Å². The van der Waals surface area contributed by atoms with Crippen molar-refractivity contribution >= 4 is 12.1 Å². The molecule has 22 heavy (non-hydrogen) atoms. The van der Waals surface area contributed by atoms with Gasteiger partial charge in [0.25, 0.3) is 0 Å². The van der Waals surface area contributed by atoms with Crippen molar-refractivity contribution in [2.75, 3.05) is 13.1 Å². The molecule has 0 aliphatic heterocycles. The van der Waals surface area contributed by atoms with Crippen molar-refractivity contribution in [2.45, 2.75) is 65.5 Å². The molecule has 1 fully saturated rings. The van der Waals surface area contributed by atoms with Crippen LogP contribution < -0.4 is 16.4 Å². The Morgan fingerprint density at radius 2 is 2.00 bits per heavy atom. The monoisotopic (exact) mass is 312 g/mol. The fourth-order valence-electron chi connectivity index (χ4n) is 2.08. The molecule has 0 aromatic heterocycles. The number of nitrogens with two attached hydrogens (primary N) is 1. The minimum Gasteiger partial charge on any atom is -0.444 e. The van der Waals surface area contributed by atoms with E-state index < -0.39 is 11.7 Å². The summed E-state index contributed by atoms with van der Waals surface area (Å²) < 4.78 is 5.28. The summed E-state index contributed by atoms with van der Waals surface area (Å²) >= 11 is 0. The molecule has 1 unspecified atom stereocenters. The number of hydrogen-bond donors (Lipinski definition) is 3. The van der Waals surface area contributed by atoms with Crippen LogP contribution in [0.25, 0.3) is 0 Å². The lowest BCUT2D eigenvalue weighted by molar-refractivity contribution is 0.0493. The van der Waals surface area contributed by atoms with Crippen molar-refractivity contribution < 1.29 is 9.53 Å². The molecule has 0 bridgehead atoms. The lowest BCUT2D eigenvalue weighted by Crippen LogP contribution is -2.44. The zero-order valence-corrected chi connectivity index (χ0v) is 14.6. The van der Waals surface area contributed by atoms with Gasteiger partial charge >= 0.3 is 6.09 Å². The molecule has 1 atom stereocenters. The van der Waals surface area contributed by atoms with Crippen molar-refractivity contribution in [3.8, 4) is 0 Å². The van der Waals surface area contributed by atoms with Gasteiger partial charge in [0, 0.05) is 6.54 Å². The van der Waals surface area contributed by atoms with Crippen molar-refractivity contribution in [1.82, 2.24) is 10.6 Å². The van der Waals surface area contributed by atoms with Crippen LogP contribution in [0.3, 0.4) is 0 Å². The maximum atomic E-state index is 11.9. The lowest BCUT2D eigenvalue weighted by atomic mass is 9.85. The highest BCUT2D eigenvalue weighted by molar-refractivity contribution is 5.77. The van der Waals surface area contributed by atoms with E-state index in [2.05, 4.69) is 15.6 Å². The van der Waals surface area contributed by atoms with Gasteiger partial charge in [-0.25, -0.2) is 4.79 Å². The average Bonchev–Trinajstić information content (AvgIpc) is 2.29. The number of nitrogens with zero attached hydrogens (tertiary/aromatic N) is 1. The molecule has 0 aromatic carbocycles. The van der Waals surface area contributed by atoms with Gasteiger partial charge in [-0.15, -0.1) is 0 Å². The van der Waals surface area contributed by atoms with Crippen molar-refractivity contribution in [2.24, 2.45) is 22.6 Å². The summed E-state index contributed by atoms with van der Waals surface area (Å²) in [5.74, 6) is 1.42. The standard InChI is InChI=1S/C16H32N4O2/c1-11(2)13(20-15(21)22-16(3,4)5)10-19-14(17)18-9-12-7-6-8-12/h11-13H,6-10H2,1-5H3,(H,20,21)(H3,17,18,19). The van der Waals surface area contributed by atoms with E-state index in [9.17, 15) is 4.79 Å². The summed E-state index contributed by atoms with van der Waals surface area (Å²) in [6.45, 7) is 10.9. The molecule has 6 heteroatoms. The summed E-state index contributed by atoms with van der Waals surface area (Å²) in [7, 11) is 0. The number of alkyl carbamates (subject to hydrolysis) is 1. The third-order valence-electron chi connectivity index (χ3n) is 3.76. The summed E-state index contributed by atoms with van der Waals surface area (Å²) in [6.07, 6.45) is 3.45. The maximum Gasteiger partial charge on any atom is 0.407 e. The Morgan fingerprint density at radius 1 is 1.36 bits per heavy atom. The molecule has 1 saturated carbocycles. The van der Waals surface area contributed by atoms with Gasteiger partial charge in [0.15, 0.2) is 5.96 Å². The van der Waals surface area contributed by atoms with Crippen molar-refractivity contribution in [3.05, 3.63) is 0 Å². The predicted molar refractivity (Wildman–Crippen MR) is 89.8 cm³/mol. The topological polar surface area (TPSA) is 88.7 Å². The van der Waals surface area contributed by atoms with Gasteiger partial charge in [0.1, 0.15) is 5.60 Å². The molecule has 1 amide bonds. The molecular weight excluding hydrogens is 280 g/mol. The third-order valence-corrected chi connectivity index (χ3v) is 3.76. The van der Waals surface area contributed by atoms with Crippen LogP contribution >= 0.6 is 0 Å². The summed E-state index contributed by atoms with van der Waals surface area (Å²) in [6, 6.07) is -0.0982. The first-order valence-corrected chi connectivity index (χ1v) is 8.20. The molecule has 0 radical (unpaired) electrons. The Balaban J connectivity index is 2.40. The molecule has 0 heterocycles. The number of aliphatic imine (C=N–C) groups is 1. The Labute approximate surface area is 134 Å². The second kappa shape index (κ2) is 8.25. The molecule has 1 aliphatic carbocycles. The van der Waals surface area contributed by atoms with Crippen LogP contribution in [0, 0.1) is 11.8 Å². The lowest BCUT2D eigenvalue weighted by Gasteiger charge is -2.26. The van der Waals surface area contributed by atoms with Crippen LogP contribution in [0.15, 0.2) is 4.99 Å². The first-order chi connectivity index (χ1) is 10.2. The third kappa shape index (κ3) is 7.52. The summed E-state index contributed by atoms with van der Waals surface area (Å²) in [5.41, 5.74) is 5.37. The second-order valence-corrected chi connectivity index (χ2v) is 7.40. The molecule has 0 spiro atoms. The molecule has 6 nitrogen and oxygen atoms in total. The number of rotatable bonds is 6. The predicted octanol–water partition coefficient (Wildman–Crippen LogP) is 2.24. The molecule has 128 valence electrons. The number of guanidine groups is 1. The van der Waals surface area contributed by atoms with Gasteiger partial charge in [0.2, 0.25) is 0 Å². The normalized spacial score (nSPS) is 17.8. The average molecular weight is 312 g/mol. The molecule has 1 aliphatic rings. The molecular formula is C16H32N4O2. The van der Waals surface area contributed by atoms with Crippen LogP contribution in [0.4, 0.5) is 4.79 Å². The highest BCUT2D eigenvalue weighted by atomic mass is 16.6. The SMILES string of the molecule is CC(C)C(CN=C(N)NCC1CCC1)NC(=O)OC(C)(C)C. The highest BCUT2D eigenvalue weighted by Gasteiger charge is 2.21. The van der Waals surface area contributed by atoms with E-state index in [-0.39, 0.29) is 12.0 Å². The zero-order chi connectivity index (χ0) is 16.8. The van der Waals surface area contributed by atoms with Gasteiger partial charge in [-0.3, -0.25) is 4.99 Å². The van der Waals surface area contributed by atoms with Crippen LogP contribution in [0.1, 0.15) is 53.9 Å². The van der Waals surface area contributed by atoms with E-state index in [1.54, 1.807) is 0 Å². The van der Waals surface area contributed by atoms with Crippen LogP contribution in [-0.4, -0.2) is 36.8 Å². The van der Waals surface area contributed by atoms with Crippen LogP contribution in [0.5, 0.6) is 0 Å². The second-order valence-electron chi connectivity index (χ2n) is 7.40. The van der Waals surface area contributed by atoms with E-state index in [1.165, 1.54) is 19.3 Å². The van der Waals surface area contributed by atoms with Gasteiger partial charge in [0.05, 0.1) is 12.6 Å². The van der Waals surface area contributed by atoms with Crippen molar-refractivity contribution in [1.29, 1.82) is 0 Å². The van der Waals surface area contributed by atoms with Crippen molar-refractivity contribution in [3.63, 3.8) is 0 Å². The Morgan fingerprint density at radius 3 is 2.45 bits per heavy atom. The fraction of sp³-hybridized carbons (Fsp3) is 0.875. The Bertz CT molecular complexity index is 384. The summed E-state index contributed by atoms with van der Waals surface area (Å²) in [5, 5.41) is 6.02. The summed E-state index contributed by atoms with van der Waals surface area (Å²) in [4.78, 5) is 16.2. The van der Waals surface area contributed by atoms with Gasteiger partial charge < -0.3 is 21.1 Å². The van der Waals surface area contributed by atoms with E-state index in [0.717, 1.165) is 12.5 Å². The van der Waals surface area contributed by atoms with Crippen LogP contribution in [0.2, 0.25) is 0 Å². The number of carbonyl (C=O) groups excluding carboxylic acids is 1. The van der Waals surface area contributed by atoms with Gasteiger partial charge in [-0.1, -0.05) is 20.3 Å². The Kier molecular flexibility index (Phi) is 6.97. The number of carbonyl (C=O) groups is 1. The number of ether oxygens (including phenoxy) is 1. The first-order valence-electron chi connectivity index (χ1n) is 8.20. The van der Waals surface area contributed by atoms with E-state index in [4.69, 9.17) is 10.5 Å². The quantitative estimate of drug-likeness (QED) is 0.518. The minimum atomic E-state index is -0.502. The first kappa shape index (κ1) is 18.6. The molecule has 1 rings (SSSR count). The zero-order valence-electron chi connectivity index (χ0n) is 14.6. The smallest absolute Gasteiger partial charge is 0.407 e. The highest BCUT2D eigenvalue weighted by Crippen LogP contribution is 2.24. The van der Waals surface area contributed by atoms with Gasteiger partial charge in [-0.2, -0.15) is 0 Å². The van der Waals surface area contributed by atoms with E-state index >= 15 is 0 Å². The number of hydrogen-bond acceptors (Lipinski definition) is 3. The molecule has 4 N–H and O–H groups in total. The number of nitrogens with one attached hydrogen (secondary N) is 2. The molecule has 0 saturated heterocycles. The Hall–Kier alpha value is -1.46. The molecule has 0 aromatic rings. The maximum absolute atomic E-state index is 11.9. The van der Waals surface area contributed by atoms with E-state index in [0.29, 0.717) is 12.5 Å². The fourth-order valence-corrected chi connectivity index (χ4v) is 2.08. The minimum absolute atomic E-state index is 0.0982. The number of amides is 1. The largest absolute Gasteiger partial charge is 0.444 e. The van der Waals surface area contributed by atoms with E-state index in [1.807, 2.05) is 34.6 Å². The van der Waals surface area contributed by atoms with Gasteiger partial charge in [-0.05, 0) is 45.4 Å².